The Balaban J connectivity index is 1.44. The van der Waals surface area contributed by atoms with Gasteiger partial charge in [-0.05, 0) is 70.0 Å². The van der Waals surface area contributed by atoms with Crippen molar-refractivity contribution in [2.45, 2.75) is 63.3 Å². The van der Waals surface area contributed by atoms with E-state index in [2.05, 4.69) is 33.4 Å². The number of rotatable bonds is 2. The van der Waals surface area contributed by atoms with Crippen LogP contribution in [0, 0.1) is 11.3 Å². The maximum atomic E-state index is 9.91. The van der Waals surface area contributed by atoms with Gasteiger partial charge in [-0.1, -0.05) is 5.16 Å². The number of nitrogens with two attached hydrogens (primary N) is 1. The largest absolute Gasteiger partial charge is 0.389 e. The van der Waals surface area contributed by atoms with Crippen molar-refractivity contribution in [2.24, 2.45) is 0 Å². The minimum absolute atomic E-state index is 0.289. The molecule has 1 saturated heterocycles. The molecule has 176 valence electrons. The zero-order chi connectivity index (χ0) is 23.3. The first-order valence-corrected chi connectivity index (χ1v) is 13.1. The minimum Gasteiger partial charge on any atom is -0.389 e. The fourth-order valence-corrected chi connectivity index (χ4v) is 7.34. The van der Waals surface area contributed by atoms with Gasteiger partial charge >= 0.3 is 0 Å². The van der Waals surface area contributed by atoms with E-state index in [9.17, 15) is 5.26 Å². The standard InChI is InChI=1S/C25H29N7OS/c1-15-14-28-10-4-12-32(15)24-29-11-7-18(30-24)21-16-5-2-8-25(22(16)31-33-21)9-3-6-19-20(25)17(13-26)23(27)34-19/h7,11,15,28H,2-6,8-10,12,14,27H2,1H3/t15-,25-/m0/s1. The Bertz CT molecular complexity index is 1270. The van der Waals surface area contributed by atoms with Crippen molar-refractivity contribution in [3.05, 3.63) is 39.5 Å². The number of nitrogens with one attached hydrogen (secondary N) is 1. The van der Waals surface area contributed by atoms with Gasteiger partial charge in [-0.2, -0.15) is 5.26 Å². The highest BCUT2D eigenvalue weighted by molar-refractivity contribution is 7.16. The van der Waals surface area contributed by atoms with Crippen LogP contribution in [-0.4, -0.2) is 40.8 Å². The molecule has 1 aliphatic heterocycles. The number of anilines is 2. The molecule has 3 aliphatic rings. The second-order valence-electron chi connectivity index (χ2n) is 9.72. The Labute approximate surface area is 203 Å². The second kappa shape index (κ2) is 8.36. The molecule has 0 unspecified atom stereocenters. The molecule has 0 saturated carbocycles. The van der Waals surface area contributed by atoms with E-state index < -0.39 is 0 Å². The average molecular weight is 476 g/mol. The fourth-order valence-electron chi connectivity index (χ4n) is 6.18. The molecular formula is C25H29N7OS. The lowest BCUT2D eigenvalue weighted by molar-refractivity contribution is 0.337. The van der Waals surface area contributed by atoms with E-state index in [0.717, 1.165) is 98.8 Å². The number of nitrogens with zero attached hydrogens (tertiary/aromatic N) is 5. The van der Waals surface area contributed by atoms with Gasteiger partial charge in [0, 0.05) is 41.2 Å². The van der Waals surface area contributed by atoms with Gasteiger partial charge in [0.15, 0.2) is 5.76 Å². The summed E-state index contributed by atoms with van der Waals surface area (Å²) in [4.78, 5) is 13.0. The third-order valence-electron chi connectivity index (χ3n) is 7.73. The molecule has 3 aromatic rings. The number of hydrogen-bond acceptors (Lipinski definition) is 9. The summed E-state index contributed by atoms with van der Waals surface area (Å²) >= 11 is 1.57. The lowest BCUT2D eigenvalue weighted by Crippen LogP contribution is -2.38. The third kappa shape index (κ3) is 3.23. The molecule has 2 aliphatic carbocycles. The molecule has 2 atom stereocenters. The molecule has 6 rings (SSSR count). The van der Waals surface area contributed by atoms with Crippen LogP contribution in [0.3, 0.4) is 0 Å². The van der Waals surface area contributed by atoms with Crippen molar-refractivity contribution in [1.29, 1.82) is 5.26 Å². The van der Waals surface area contributed by atoms with Crippen molar-refractivity contribution < 1.29 is 4.52 Å². The normalized spacial score (nSPS) is 24.4. The summed E-state index contributed by atoms with van der Waals surface area (Å²) in [6.07, 6.45) is 8.79. The molecule has 4 heterocycles. The van der Waals surface area contributed by atoms with Crippen LogP contribution in [0.1, 0.15) is 66.3 Å². The number of fused-ring (bicyclic) bond motifs is 4. The predicted octanol–water partition coefficient (Wildman–Crippen LogP) is 3.79. The Kier molecular flexibility index (Phi) is 5.30. The van der Waals surface area contributed by atoms with Crippen LogP contribution in [0.5, 0.6) is 0 Å². The van der Waals surface area contributed by atoms with Crippen molar-refractivity contribution in [1.82, 2.24) is 20.4 Å². The number of aromatic nitrogens is 3. The molecule has 0 radical (unpaired) electrons. The molecule has 8 nitrogen and oxygen atoms in total. The number of hydrogen-bond donors (Lipinski definition) is 2. The van der Waals surface area contributed by atoms with E-state index in [1.807, 2.05) is 12.3 Å². The topological polar surface area (TPSA) is 117 Å². The monoisotopic (exact) mass is 475 g/mol. The van der Waals surface area contributed by atoms with Gasteiger partial charge in [-0.3, -0.25) is 0 Å². The first-order chi connectivity index (χ1) is 16.6. The van der Waals surface area contributed by atoms with E-state index >= 15 is 0 Å². The van der Waals surface area contributed by atoms with Gasteiger partial charge in [0.05, 0.1) is 11.3 Å². The Morgan fingerprint density at radius 2 is 2.15 bits per heavy atom. The van der Waals surface area contributed by atoms with Crippen molar-refractivity contribution in [3.8, 4) is 17.5 Å². The molecule has 3 aromatic heterocycles. The summed E-state index contributed by atoms with van der Waals surface area (Å²) in [7, 11) is 0. The zero-order valence-electron chi connectivity index (χ0n) is 19.4. The zero-order valence-corrected chi connectivity index (χ0v) is 20.2. The van der Waals surface area contributed by atoms with Gasteiger partial charge in [0.25, 0.3) is 0 Å². The van der Waals surface area contributed by atoms with Crippen molar-refractivity contribution in [3.63, 3.8) is 0 Å². The van der Waals surface area contributed by atoms with Gasteiger partial charge in [0.1, 0.15) is 16.8 Å². The van der Waals surface area contributed by atoms with Crippen LogP contribution in [0.2, 0.25) is 0 Å². The highest BCUT2D eigenvalue weighted by atomic mass is 32.1. The van der Waals surface area contributed by atoms with Crippen LogP contribution in [0.4, 0.5) is 10.9 Å². The molecule has 3 N–H and O–H groups in total. The highest BCUT2D eigenvalue weighted by Crippen LogP contribution is 2.54. The summed E-state index contributed by atoms with van der Waals surface area (Å²) in [6.45, 7) is 5.06. The van der Waals surface area contributed by atoms with E-state index in [0.29, 0.717) is 16.6 Å². The molecule has 1 spiro atoms. The highest BCUT2D eigenvalue weighted by Gasteiger charge is 2.48. The number of nitrogen functional groups attached to an aromatic ring is 1. The van der Waals surface area contributed by atoms with Gasteiger partial charge in [-0.15, -0.1) is 11.3 Å². The summed E-state index contributed by atoms with van der Waals surface area (Å²) < 4.78 is 6.04. The van der Waals surface area contributed by atoms with E-state index in [1.165, 1.54) is 4.88 Å². The molecule has 9 heteroatoms. The SMILES string of the molecule is C[C@H]1CNCCCN1c1nccc(-c2onc3c2CCC[C@@]32CCCc3sc(N)c(C#N)c32)n1. The van der Waals surface area contributed by atoms with Gasteiger partial charge < -0.3 is 20.5 Å². The van der Waals surface area contributed by atoms with Gasteiger partial charge in [0.2, 0.25) is 5.95 Å². The third-order valence-corrected chi connectivity index (χ3v) is 8.81. The van der Waals surface area contributed by atoms with E-state index in [4.69, 9.17) is 15.2 Å². The van der Waals surface area contributed by atoms with Crippen LogP contribution < -0.4 is 16.0 Å². The number of aryl methyl sites for hydroxylation is 1. The van der Waals surface area contributed by atoms with E-state index in [-0.39, 0.29) is 5.41 Å². The Hall–Kier alpha value is -2.96. The summed E-state index contributed by atoms with van der Waals surface area (Å²) in [5.74, 6) is 1.48. The second-order valence-corrected chi connectivity index (χ2v) is 10.9. The number of nitriles is 1. The van der Waals surface area contributed by atoms with Crippen LogP contribution >= 0.6 is 11.3 Å². The van der Waals surface area contributed by atoms with Gasteiger partial charge in [-0.25, -0.2) is 9.97 Å². The lowest BCUT2D eigenvalue weighted by Gasteiger charge is -2.39. The van der Waals surface area contributed by atoms with E-state index in [1.54, 1.807) is 11.3 Å². The average Bonchev–Trinajstić information content (AvgIpc) is 3.36. The molecule has 1 fully saturated rings. The quantitative estimate of drug-likeness (QED) is 0.575. The van der Waals surface area contributed by atoms with Crippen molar-refractivity contribution in [2.75, 3.05) is 30.3 Å². The summed E-state index contributed by atoms with van der Waals surface area (Å²) in [6, 6.07) is 4.63. The Morgan fingerprint density at radius 3 is 3.00 bits per heavy atom. The minimum atomic E-state index is -0.289. The maximum absolute atomic E-state index is 9.91. The first kappa shape index (κ1) is 21.6. The maximum Gasteiger partial charge on any atom is 0.226 e. The summed E-state index contributed by atoms with van der Waals surface area (Å²) in [5, 5.41) is 18.7. The molecule has 0 amide bonds. The smallest absolute Gasteiger partial charge is 0.226 e. The van der Waals surface area contributed by atoms with Crippen LogP contribution in [0.15, 0.2) is 16.8 Å². The van der Waals surface area contributed by atoms with Crippen molar-refractivity contribution >= 4 is 22.3 Å². The first-order valence-electron chi connectivity index (χ1n) is 12.2. The fraction of sp³-hybridized carbons (Fsp3) is 0.520. The van der Waals surface area contributed by atoms with Crippen LogP contribution in [-0.2, 0) is 18.3 Å². The molecule has 34 heavy (non-hydrogen) atoms. The molecular weight excluding hydrogens is 446 g/mol. The Morgan fingerprint density at radius 1 is 1.29 bits per heavy atom. The lowest BCUT2D eigenvalue weighted by atomic mass is 9.62. The predicted molar refractivity (Wildman–Crippen MR) is 132 cm³/mol. The number of thiophene rings is 1. The molecule has 0 bridgehead atoms. The van der Waals surface area contributed by atoms with Crippen LogP contribution in [0.25, 0.3) is 11.5 Å². The molecule has 0 aromatic carbocycles. The summed E-state index contributed by atoms with van der Waals surface area (Å²) in [5.41, 5.74) is 10.6.